The molecule has 1 amide bonds. The molecule has 2 rings (SSSR count). The quantitative estimate of drug-likeness (QED) is 0.890. The molecule has 4 heteroatoms. The van der Waals surface area contributed by atoms with Crippen molar-refractivity contribution in [3.8, 4) is 5.75 Å². The Morgan fingerprint density at radius 3 is 2.65 bits per heavy atom. The molecule has 110 valence electrons. The zero-order chi connectivity index (χ0) is 14.5. The van der Waals surface area contributed by atoms with E-state index in [1.54, 1.807) is 14.2 Å². The standard InChI is InChI=1S/C16H24N2O2/c1-4-18-11-13(10-15(18)16(19)17-2)9-12-5-7-14(20-3)8-6-12/h5-8,13,15H,4,9-11H2,1-3H3,(H,17,19)/t13-,15-/m0/s1. The van der Waals surface area contributed by atoms with E-state index in [-0.39, 0.29) is 11.9 Å². The van der Waals surface area contributed by atoms with E-state index < -0.39 is 0 Å². The molecule has 1 aliphatic heterocycles. The molecule has 0 aromatic heterocycles. The molecule has 0 radical (unpaired) electrons. The van der Waals surface area contributed by atoms with Gasteiger partial charge in [0.15, 0.2) is 0 Å². The van der Waals surface area contributed by atoms with Crippen LogP contribution in [-0.2, 0) is 11.2 Å². The maximum absolute atomic E-state index is 11.9. The first-order chi connectivity index (χ1) is 9.67. The Balaban J connectivity index is 1.98. The molecule has 0 saturated carbocycles. The van der Waals surface area contributed by atoms with Gasteiger partial charge in [-0.2, -0.15) is 0 Å². The van der Waals surface area contributed by atoms with E-state index in [1.807, 2.05) is 12.1 Å². The molecule has 2 atom stereocenters. The number of likely N-dealkylation sites (tertiary alicyclic amines) is 1. The van der Waals surface area contributed by atoms with Crippen LogP contribution in [0.25, 0.3) is 0 Å². The average molecular weight is 276 g/mol. The largest absolute Gasteiger partial charge is 0.497 e. The van der Waals surface area contributed by atoms with Gasteiger partial charge in [-0.15, -0.1) is 0 Å². The lowest BCUT2D eigenvalue weighted by Crippen LogP contribution is -2.41. The van der Waals surface area contributed by atoms with E-state index >= 15 is 0 Å². The van der Waals surface area contributed by atoms with Crippen molar-refractivity contribution in [1.29, 1.82) is 0 Å². The van der Waals surface area contributed by atoms with E-state index in [0.29, 0.717) is 5.92 Å². The van der Waals surface area contributed by atoms with Crippen molar-refractivity contribution in [2.24, 2.45) is 5.92 Å². The molecule has 1 fully saturated rings. The number of nitrogens with one attached hydrogen (secondary N) is 1. The molecule has 1 heterocycles. The molecule has 1 aromatic carbocycles. The minimum atomic E-state index is 0.0354. The number of likely N-dealkylation sites (N-methyl/N-ethyl adjacent to an activating group) is 2. The van der Waals surface area contributed by atoms with Gasteiger partial charge in [0.25, 0.3) is 0 Å². The topological polar surface area (TPSA) is 41.6 Å². The van der Waals surface area contributed by atoms with Crippen LogP contribution in [-0.4, -0.2) is 44.1 Å². The maximum atomic E-state index is 11.9. The van der Waals surface area contributed by atoms with Gasteiger partial charge >= 0.3 is 0 Å². The molecule has 20 heavy (non-hydrogen) atoms. The summed E-state index contributed by atoms with van der Waals surface area (Å²) in [4.78, 5) is 14.2. The summed E-state index contributed by atoms with van der Waals surface area (Å²) in [6, 6.07) is 8.26. The van der Waals surface area contributed by atoms with Crippen LogP contribution in [0.2, 0.25) is 0 Å². The van der Waals surface area contributed by atoms with Crippen molar-refractivity contribution in [1.82, 2.24) is 10.2 Å². The van der Waals surface area contributed by atoms with Gasteiger partial charge in [-0.1, -0.05) is 19.1 Å². The van der Waals surface area contributed by atoms with Crippen LogP contribution in [0.1, 0.15) is 18.9 Å². The summed E-state index contributed by atoms with van der Waals surface area (Å²) >= 11 is 0. The van der Waals surface area contributed by atoms with Crippen molar-refractivity contribution in [2.75, 3.05) is 27.2 Å². The van der Waals surface area contributed by atoms with Gasteiger partial charge in [0, 0.05) is 13.6 Å². The number of ether oxygens (including phenoxy) is 1. The summed E-state index contributed by atoms with van der Waals surface area (Å²) < 4.78 is 5.18. The van der Waals surface area contributed by atoms with Crippen LogP contribution < -0.4 is 10.1 Å². The first-order valence-corrected chi connectivity index (χ1v) is 7.26. The monoisotopic (exact) mass is 276 g/mol. The van der Waals surface area contributed by atoms with Crippen molar-refractivity contribution in [3.63, 3.8) is 0 Å². The molecule has 4 nitrogen and oxygen atoms in total. The summed E-state index contributed by atoms with van der Waals surface area (Å²) in [5, 5.41) is 2.77. The molecule has 0 aliphatic carbocycles. The third-order valence-corrected chi connectivity index (χ3v) is 4.13. The Hall–Kier alpha value is -1.55. The Morgan fingerprint density at radius 1 is 1.40 bits per heavy atom. The van der Waals surface area contributed by atoms with Crippen molar-refractivity contribution in [2.45, 2.75) is 25.8 Å². The number of carbonyl (C=O) groups is 1. The van der Waals surface area contributed by atoms with Crippen LogP contribution in [0, 0.1) is 5.92 Å². The number of rotatable bonds is 5. The molecule has 0 unspecified atom stereocenters. The maximum Gasteiger partial charge on any atom is 0.237 e. The van der Waals surface area contributed by atoms with E-state index in [4.69, 9.17) is 4.74 Å². The third kappa shape index (κ3) is 3.31. The number of carbonyl (C=O) groups excluding carboxylic acids is 1. The fraction of sp³-hybridized carbons (Fsp3) is 0.562. The predicted molar refractivity (Wildman–Crippen MR) is 79.9 cm³/mol. The van der Waals surface area contributed by atoms with Gasteiger partial charge in [-0.05, 0) is 43.0 Å². The highest BCUT2D eigenvalue weighted by molar-refractivity contribution is 5.81. The summed E-state index contributed by atoms with van der Waals surface area (Å²) in [5.41, 5.74) is 1.31. The molecule has 1 aliphatic rings. The molecule has 0 bridgehead atoms. The van der Waals surface area contributed by atoms with E-state index in [1.165, 1.54) is 5.56 Å². The van der Waals surface area contributed by atoms with Gasteiger partial charge in [0.05, 0.1) is 13.2 Å². The van der Waals surface area contributed by atoms with Crippen molar-refractivity contribution < 1.29 is 9.53 Å². The predicted octanol–water partition coefficient (Wildman–Crippen LogP) is 1.69. The normalized spacial score (nSPS) is 22.8. The third-order valence-electron chi connectivity index (χ3n) is 4.13. The van der Waals surface area contributed by atoms with Gasteiger partial charge in [-0.25, -0.2) is 0 Å². The minimum Gasteiger partial charge on any atom is -0.497 e. The second-order valence-corrected chi connectivity index (χ2v) is 5.37. The summed E-state index contributed by atoms with van der Waals surface area (Å²) in [6.07, 6.45) is 1.97. The van der Waals surface area contributed by atoms with Crippen molar-refractivity contribution in [3.05, 3.63) is 29.8 Å². The molecular formula is C16H24N2O2. The number of amides is 1. The fourth-order valence-electron chi connectivity index (χ4n) is 3.03. The Morgan fingerprint density at radius 2 is 2.10 bits per heavy atom. The Labute approximate surface area is 121 Å². The lowest BCUT2D eigenvalue weighted by atomic mass is 9.96. The van der Waals surface area contributed by atoms with Crippen LogP contribution in [0.5, 0.6) is 5.75 Å². The molecule has 1 saturated heterocycles. The van der Waals surface area contributed by atoms with Crippen LogP contribution in [0.4, 0.5) is 0 Å². The van der Waals surface area contributed by atoms with E-state index in [2.05, 4.69) is 29.3 Å². The molecule has 1 N–H and O–H groups in total. The highest BCUT2D eigenvalue weighted by atomic mass is 16.5. The zero-order valence-corrected chi connectivity index (χ0v) is 12.6. The van der Waals surface area contributed by atoms with Crippen LogP contribution in [0.15, 0.2) is 24.3 Å². The number of nitrogens with zero attached hydrogens (tertiary/aromatic N) is 1. The van der Waals surface area contributed by atoms with Gasteiger partial charge < -0.3 is 10.1 Å². The molecule has 0 spiro atoms. The van der Waals surface area contributed by atoms with Crippen molar-refractivity contribution >= 4 is 5.91 Å². The first kappa shape index (κ1) is 14.9. The van der Waals surface area contributed by atoms with Gasteiger partial charge in [0.2, 0.25) is 5.91 Å². The average Bonchev–Trinajstić information content (AvgIpc) is 2.90. The SMILES string of the molecule is CCN1C[C@@H](Cc2ccc(OC)cc2)C[C@H]1C(=O)NC. The number of benzene rings is 1. The summed E-state index contributed by atoms with van der Waals surface area (Å²) in [6.45, 7) is 4.05. The first-order valence-electron chi connectivity index (χ1n) is 7.26. The van der Waals surface area contributed by atoms with E-state index in [9.17, 15) is 4.79 Å². The lowest BCUT2D eigenvalue weighted by molar-refractivity contribution is -0.124. The summed E-state index contributed by atoms with van der Waals surface area (Å²) in [7, 11) is 3.39. The molecule has 1 aromatic rings. The summed E-state index contributed by atoms with van der Waals surface area (Å²) in [5.74, 6) is 1.58. The van der Waals surface area contributed by atoms with E-state index in [0.717, 1.165) is 31.7 Å². The smallest absolute Gasteiger partial charge is 0.237 e. The fourth-order valence-corrected chi connectivity index (χ4v) is 3.03. The number of hydrogen-bond donors (Lipinski definition) is 1. The highest BCUT2D eigenvalue weighted by Crippen LogP contribution is 2.26. The van der Waals surface area contributed by atoms with Crippen LogP contribution >= 0.6 is 0 Å². The Bertz CT molecular complexity index is 444. The lowest BCUT2D eigenvalue weighted by Gasteiger charge is -2.20. The zero-order valence-electron chi connectivity index (χ0n) is 12.6. The minimum absolute atomic E-state index is 0.0354. The van der Waals surface area contributed by atoms with Gasteiger partial charge in [-0.3, -0.25) is 9.69 Å². The Kier molecular flexibility index (Phi) is 5.01. The second kappa shape index (κ2) is 6.75. The van der Waals surface area contributed by atoms with Crippen LogP contribution in [0.3, 0.4) is 0 Å². The molecular weight excluding hydrogens is 252 g/mol. The number of methoxy groups -OCH3 is 1. The second-order valence-electron chi connectivity index (χ2n) is 5.37. The number of hydrogen-bond acceptors (Lipinski definition) is 3. The highest BCUT2D eigenvalue weighted by Gasteiger charge is 2.35. The van der Waals surface area contributed by atoms with Gasteiger partial charge in [0.1, 0.15) is 5.75 Å².